The fraction of sp³-hybridized carbons (Fsp3) is 0.364. The third kappa shape index (κ3) is 5.38. The monoisotopic (exact) mass is 419 g/mol. The van der Waals surface area contributed by atoms with Gasteiger partial charge in [0.05, 0.1) is 12.1 Å². The fourth-order valence-corrected chi connectivity index (χ4v) is 3.34. The van der Waals surface area contributed by atoms with Crippen LogP contribution in [0, 0.1) is 13.8 Å². The zero-order valence-electron chi connectivity index (χ0n) is 16.9. The van der Waals surface area contributed by atoms with Crippen molar-refractivity contribution in [3.8, 4) is 0 Å². The molecule has 1 heterocycles. The molecule has 3 rings (SSSR count). The lowest BCUT2D eigenvalue weighted by atomic mass is 10.1. The van der Waals surface area contributed by atoms with Gasteiger partial charge in [-0.15, -0.1) is 0 Å². The zero-order chi connectivity index (χ0) is 21.9. The molecule has 5 nitrogen and oxygen atoms in total. The number of hydrogen-bond donors (Lipinski definition) is 1. The molecule has 0 atom stereocenters. The van der Waals surface area contributed by atoms with Crippen molar-refractivity contribution in [1.29, 1.82) is 0 Å². The van der Waals surface area contributed by atoms with Crippen molar-refractivity contribution in [3.63, 3.8) is 0 Å². The minimum Gasteiger partial charge on any atom is -0.336 e. The number of nitrogens with one attached hydrogen (secondary N) is 1. The lowest BCUT2D eigenvalue weighted by Crippen LogP contribution is -2.50. The SMILES string of the molecule is Cc1ccc(C(=O)N2CCN(CC(=O)Nc3cccc(C(F)(F)F)c3)CC2)cc1C. The Labute approximate surface area is 173 Å². The lowest BCUT2D eigenvalue weighted by Gasteiger charge is -2.34. The quantitative estimate of drug-likeness (QED) is 0.822. The highest BCUT2D eigenvalue weighted by molar-refractivity contribution is 5.95. The molecule has 0 aromatic heterocycles. The molecule has 1 N–H and O–H groups in total. The predicted octanol–water partition coefficient (Wildman–Crippen LogP) is 3.72. The second kappa shape index (κ2) is 8.87. The first-order valence-corrected chi connectivity index (χ1v) is 9.69. The minimum absolute atomic E-state index is 0.0360. The smallest absolute Gasteiger partial charge is 0.336 e. The van der Waals surface area contributed by atoms with Gasteiger partial charge in [0.1, 0.15) is 0 Å². The van der Waals surface area contributed by atoms with Gasteiger partial charge in [0.25, 0.3) is 5.91 Å². The Morgan fingerprint density at radius 2 is 1.67 bits per heavy atom. The van der Waals surface area contributed by atoms with Gasteiger partial charge >= 0.3 is 6.18 Å². The van der Waals surface area contributed by atoms with Crippen molar-refractivity contribution in [3.05, 3.63) is 64.7 Å². The Kier molecular flexibility index (Phi) is 6.45. The molecule has 0 spiro atoms. The van der Waals surface area contributed by atoms with Crippen LogP contribution in [0.2, 0.25) is 0 Å². The van der Waals surface area contributed by atoms with Crippen LogP contribution in [-0.4, -0.2) is 54.3 Å². The van der Waals surface area contributed by atoms with Crippen molar-refractivity contribution in [1.82, 2.24) is 9.80 Å². The standard InChI is InChI=1S/C22H24F3N3O2/c1-15-6-7-17(12-16(15)2)21(30)28-10-8-27(9-11-28)14-20(29)26-19-5-3-4-18(13-19)22(23,24)25/h3-7,12-13H,8-11,14H2,1-2H3,(H,26,29). The highest BCUT2D eigenvalue weighted by atomic mass is 19.4. The van der Waals surface area contributed by atoms with Crippen LogP contribution < -0.4 is 5.32 Å². The van der Waals surface area contributed by atoms with Gasteiger partial charge in [0.15, 0.2) is 0 Å². The number of aryl methyl sites for hydroxylation is 2. The highest BCUT2D eigenvalue weighted by Crippen LogP contribution is 2.30. The number of benzene rings is 2. The molecule has 1 saturated heterocycles. The maximum absolute atomic E-state index is 12.8. The Morgan fingerprint density at radius 1 is 0.967 bits per heavy atom. The normalized spacial score (nSPS) is 15.2. The van der Waals surface area contributed by atoms with Crippen LogP contribution in [0.5, 0.6) is 0 Å². The molecule has 0 radical (unpaired) electrons. The summed E-state index contributed by atoms with van der Waals surface area (Å²) in [5.41, 5.74) is 2.14. The largest absolute Gasteiger partial charge is 0.416 e. The molecule has 0 aliphatic carbocycles. The van der Waals surface area contributed by atoms with Crippen molar-refractivity contribution in [2.75, 3.05) is 38.0 Å². The van der Waals surface area contributed by atoms with E-state index in [-0.39, 0.29) is 24.0 Å². The van der Waals surface area contributed by atoms with Gasteiger partial charge in [-0.3, -0.25) is 14.5 Å². The van der Waals surface area contributed by atoms with Crippen LogP contribution in [-0.2, 0) is 11.0 Å². The van der Waals surface area contributed by atoms with E-state index in [0.29, 0.717) is 31.7 Å². The van der Waals surface area contributed by atoms with E-state index in [2.05, 4.69) is 5.32 Å². The van der Waals surface area contributed by atoms with E-state index >= 15 is 0 Å². The highest BCUT2D eigenvalue weighted by Gasteiger charge is 2.30. The summed E-state index contributed by atoms with van der Waals surface area (Å²) in [6.45, 7) is 6.03. The van der Waals surface area contributed by atoms with Gasteiger partial charge in [-0.1, -0.05) is 12.1 Å². The topological polar surface area (TPSA) is 52.7 Å². The predicted molar refractivity (Wildman–Crippen MR) is 108 cm³/mol. The Morgan fingerprint density at radius 3 is 2.30 bits per heavy atom. The number of hydrogen-bond acceptors (Lipinski definition) is 3. The first-order chi connectivity index (χ1) is 14.1. The van der Waals surface area contributed by atoms with Crippen LogP contribution in [0.25, 0.3) is 0 Å². The number of halogens is 3. The van der Waals surface area contributed by atoms with Gasteiger partial charge in [-0.25, -0.2) is 0 Å². The van der Waals surface area contributed by atoms with E-state index < -0.39 is 11.7 Å². The second-order valence-electron chi connectivity index (χ2n) is 7.49. The van der Waals surface area contributed by atoms with Gasteiger partial charge in [-0.2, -0.15) is 13.2 Å². The molecule has 160 valence electrons. The summed E-state index contributed by atoms with van der Waals surface area (Å²) >= 11 is 0. The van der Waals surface area contributed by atoms with Crippen molar-refractivity contribution in [2.45, 2.75) is 20.0 Å². The number of amides is 2. The Bertz CT molecular complexity index is 935. The summed E-state index contributed by atoms with van der Waals surface area (Å²) in [5, 5.41) is 2.51. The maximum atomic E-state index is 12.8. The van der Waals surface area contributed by atoms with Gasteiger partial charge in [0, 0.05) is 37.4 Å². The molecular formula is C22H24F3N3O2. The van der Waals surface area contributed by atoms with E-state index in [9.17, 15) is 22.8 Å². The molecule has 30 heavy (non-hydrogen) atoms. The summed E-state index contributed by atoms with van der Waals surface area (Å²) in [5.74, 6) is -0.422. The molecule has 2 amide bonds. The van der Waals surface area contributed by atoms with Crippen LogP contribution in [0.1, 0.15) is 27.0 Å². The van der Waals surface area contributed by atoms with E-state index in [1.165, 1.54) is 12.1 Å². The number of alkyl halides is 3. The average molecular weight is 419 g/mol. The molecule has 1 aliphatic rings. The molecule has 1 fully saturated rings. The fourth-order valence-electron chi connectivity index (χ4n) is 3.34. The number of carbonyl (C=O) groups is 2. The molecular weight excluding hydrogens is 395 g/mol. The third-order valence-electron chi connectivity index (χ3n) is 5.25. The van der Waals surface area contributed by atoms with Crippen molar-refractivity contribution in [2.24, 2.45) is 0 Å². The number of nitrogens with zero attached hydrogens (tertiary/aromatic N) is 2. The molecule has 0 saturated carbocycles. The molecule has 2 aromatic rings. The molecule has 0 unspecified atom stereocenters. The first-order valence-electron chi connectivity index (χ1n) is 9.69. The van der Waals surface area contributed by atoms with Gasteiger partial charge < -0.3 is 10.2 Å². The number of anilines is 1. The third-order valence-corrected chi connectivity index (χ3v) is 5.25. The van der Waals surface area contributed by atoms with Crippen LogP contribution in [0.4, 0.5) is 18.9 Å². The Hall–Kier alpha value is -2.87. The molecule has 1 aliphatic heterocycles. The van der Waals surface area contributed by atoms with E-state index in [0.717, 1.165) is 23.3 Å². The summed E-state index contributed by atoms with van der Waals surface area (Å²) in [7, 11) is 0. The average Bonchev–Trinajstić information content (AvgIpc) is 2.69. The van der Waals surface area contributed by atoms with E-state index in [1.807, 2.05) is 36.9 Å². The molecule has 8 heteroatoms. The van der Waals surface area contributed by atoms with E-state index in [4.69, 9.17) is 0 Å². The molecule has 0 bridgehead atoms. The number of piperazine rings is 1. The van der Waals surface area contributed by atoms with Gasteiger partial charge in [0.2, 0.25) is 5.91 Å². The van der Waals surface area contributed by atoms with Gasteiger partial charge in [-0.05, 0) is 55.3 Å². The van der Waals surface area contributed by atoms with Crippen LogP contribution in [0.3, 0.4) is 0 Å². The van der Waals surface area contributed by atoms with Crippen molar-refractivity contribution >= 4 is 17.5 Å². The molecule has 2 aromatic carbocycles. The minimum atomic E-state index is -4.46. The van der Waals surface area contributed by atoms with E-state index in [1.54, 1.807) is 4.90 Å². The number of carbonyl (C=O) groups excluding carboxylic acids is 2. The summed E-state index contributed by atoms with van der Waals surface area (Å²) < 4.78 is 38.4. The Balaban J connectivity index is 1.51. The summed E-state index contributed by atoms with van der Waals surface area (Å²) in [6.07, 6.45) is -4.46. The van der Waals surface area contributed by atoms with Crippen molar-refractivity contribution < 1.29 is 22.8 Å². The zero-order valence-corrected chi connectivity index (χ0v) is 16.9. The summed E-state index contributed by atoms with van der Waals surface area (Å²) in [4.78, 5) is 28.6. The summed E-state index contributed by atoms with van der Waals surface area (Å²) in [6, 6.07) is 10.2. The van der Waals surface area contributed by atoms with Crippen LogP contribution >= 0.6 is 0 Å². The van der Waals surface area contributed by atoms with Crippen LogP contribution in [0.15, 0.2) is 42.5 Å². The lowest BCUT2D eigenvalue weighted by molar-refractivity contribution is -0.137. The first kappa shape index (κ1) is 21.8. The number of rotatable bonds is 4. The maximum Gasteiger partial charge on any atom is 0.416 e. The second-order valence-corrected chi connectivity index (χ2v) is 7.49.